The van der Waals surface area contributed by atoms with E-state index in [1.165, 1.54) is 0 Å². The van der Waals surface area contributed by atoms with Crippen LogP contribution in [0.2, 0.25) is 0 Å². The summed E-state index contributed by atoms with van der Waals surface area (Å²) in [5.74, 6) is -0.124. The number of rotatable bonds is 5. The van der Waals surface area contributed by atoms with Crippen LogP contribution < -0.4 is 11.1 Å². The van der Waals surface area contributed by atoms with Gasteiger partial charge in [-0.3, -0.25) is 4.79 Å². The van der Waals surface area contributed by atoms with Crippen LogP contribution in [0.1, 0.15) is 26.2 Å². The molecule has 1 aromatic carbocycles. The van der Waals surface area contributed by atoms with Crippen molar-refractivity contribution in [1.29, 1.82) is 0 Å². The van der Waals surface area contributed by atoms with Gasteiger partial charge in [-0.05, 0) is 63.1 Å². The summed E-state index contributed by atoms with van der Waals surface area (Å²) < 4.78 is 1.94. The molecule has 0 heterocycles. The molecule has 17 heavy (non-hydrogen) atoms. The average molecular weight is 411 g/mol. The van der Waals surface area contributed by atoms with Crippen molar-refractivity contribution >= 4 is 50.1 Å². The number of anilines is 1. The van der Waals surface area contributed by atoms with Crippen LogP contribution in [0.25, 0.3) is 0 Å². The Hall–Kier alpha value is -0.140. The molecule has 94 valence electrons. The lowest BCUT2D eigenvalue weighted by Gasteiger charge is -2.13. The standard InChI is InChI=1S/C12H16BrIN2O/c1-2-3-4-10(15)12(17)16-11-7-8(14)5-6-9(11)13/h5-7,10H,2-4,15H2,1H3,(H,16,17)/t10-/m0/s1. The number of hydrogen-bond acceptors (Lipinski definition) is 2. The van der Waals surface area contributed by atoms with Crippen LogP contribution in [0.5, 0.6) is 0 Å². The number of halogens is 2. The van der Waals surface area contributed by atoms with Gasteiger partial charge in [0.25, 0.3) is 0 Å². The summed E-state index contributed by atoms with van der Waals surface area (Å²) in [6.45, 7) is 2.08. The van der Waals surface area contributed by atoms with E-state index in [1.54, 1.807) is 0 Å². The summed E-state index contributed by atoms with van der Waals surface area (Å²) in [6.07, 6.45) is 2.75. The molecule has 0 aliphatic rings. The van der Waals surface area contributed by atoms with Crippen molar-refractivity contribution in [1.82, 2.24) is 0 Å². The second-order valence-corrected chi connectivity index (χ2v) is 5.96. The summed E-state index contributed by atoms with van der Waals surface area (Å²) in [7, 11) is 0. The van der Waals surface area contributed by atoms with E-state index in [2.05, 4.69) is 50.8 Å². The minimum atomic E-state index is -0.431. The Labute approximate surface area is 124 Å². The second-order valence-electron chi connectivity index (χ2n) is 3.86. The average Bonchev–Trinajstić information content (AvgIpc) is 2.30. The second kappa shape index (κ2) is 7.33. The van der Waals surface area contributed by atoms with Gasteiger partial charge in [0.2, 0.25) is 5.91 Å². The van der Waals surface area contributed by atoms with Crippen molar-refractivity contribution in [2.45, 2.75) is 32.2 Å². The molecular formula is C12H16BrIN2O. The molecule has 0 saturated carbocycles. The lowest BCUT2D eigenvalue weighted by molar-refractivity contribution is -0.117. The van der Waals surface area contributed by atoms with Gasteiger partial charge in [-0.1, -0.05) is 19.8 Å². The van der Waals surface area contributed by atoms with Crippen molar-refractivity contribution in [3.05, 3.63) is 26.2 Å². The van der Waals surface area contributed by atoms with E-state index in [1.807, 2.05) is 18.2 Å². The smallest absolute Gasteiger partial charge is 0.241 e. The topological polar surface area (TPSA) is 55.1 Å². The monoisotopic (exact) mass is 410 g/mol. The van der Waals surface area contributed by atoms with E-state index in [-0.39, 0.29) is 5.91 Å². The largest absolute Gasteiger partial charge is 0.324 e. The van der Waals surface area contributed by atoms with Crippen molar-refractivity contribution < 1.29 is 4.79 Å². The van der Waals surface area contributed by atoms with Crippen LogP contribution in [0.4, 0.5) is 5.69 Å². The fourth-order valence-corrected chi connectivity index (χ4v) is 2.21. The highest BCUT2D eigenvalue weighted by atomic mass is 127. The number of unbranched alkanes of at least 4 members (excludes halogenated alkanes) is 1. The van der Waals surface area contributed by atoms with Gasteiger partial charge in [0, 0.05) is 8.04 Å². The molecule has 0 aliphatic heterocycles. The number of nitrogens with one attached hydrogen (secondary N) is 1. The Bertz CT molecular complexity index is 398. The predicted octanol–water partition coefficient (Wildman–Crippen LogP) is 3.51. The quantitative estimate of drug-likeness (QED) is 0.729. The molecule has 0 spiro atoms. The van der Waals surface area contributed by atoms with E-state index in [9.17, 15) is 4.79 Å². The van der Waals surface area contributed by atoms with E-state index >= 15 is 0 Å². The zero-order valence-electron chi connectivity index (χ0n) is 9.67. The number of carbonyl (C=O) groups is 1. The molecule has 0 aliphatic carbocycles. The van der Waals surface area contributed by atoms with E-state index < -0.39 is 6.04 Å². The lowest BCUT2D eigenvalue weighted by atomic mass is 10.1. The molecule has 0 unspecified atom stereocenters. The zero-order chi connectivity index (χ0) is 12.8. The Morgan fingerprint density at radius 1 is 1.59 bits per heavy atom. The van der Waals surface area contributed by atoms with Gasteiger partial charge < -0.3 is 11.1 Å². The summed E-state index contributed by atoms with van der Waals surface area (Å²) >= 11 is 5.61. The summed E-state index contributed by atoms with van der Waals surface area (Å²) in [5, 5.41) is 2.84. The minimum Gasteiger partial charge on any atom is -0.324 e. The first-order chi connectivity index (χ1) is 8.04. The molecule has 0 radical (unpaired) electrons. The maximum absolute atomic E-state index is 11.8. The molecule has 1 atom stereocenters. The normalized spacial score (nSPS) is 12.2. The Morgan fingerprint density at radius 2 is 2.29 bits per heavy atom. The number of amides is 1. The molecule has 0 aromatic heterocycles. The highest BCUT2D eigenvalue weighted by Crippen LogP contribution is 2.24. The lowest BCUT2D eigenvalue weighted by Crippen LogP contribution is -2.35. The first kappa shape index (κ1) is 14.9. The van der Waals surface area contributed by atoms with E-state index in [0.29, 0.717) is 0 Å². The van der Waals surface area contributed by atoms with Gasteiger partial charge >= 0.3 is 0 Å². The van der Waals surface area contributed by atoms with Crippen molar-refractivity contribution in [2.24, 2.45) is 5.73 Å². The van der Waals surface area contributed by atoms with Crippen LogP contribution in [0, 0.1) is 3.57 Å². The number of carbonyl (C=O) groups excluding carboxylic acids is 1. The maximum atomic E-state index is 11.8. The molecule has 3 nitrogen and oxygen atoms in total. The molecule has 5 heteroatoms. The third-order valence-corrected chi connectivity index (χ3v) is 3.75. The highest BCUT2D eigenvalue weighted by Gasteiger charge is 2.14. The summed E-state index contributed by atoms with van der Waals surface area (Å²) in [4.78, 5) is 11.8. The van der Waals surface area contributed by atoms with Crippen LogP contribution in [0.3, 0.4) is 0 Å². The fraction of sp³-hybridized carbons (Fsp3) is 0.417. The maximum Gasteiger partial charge on any atom is 0.241 e. The molecule has 1 amide bonds. The molecule has 1 rings (SSSR count). The molecule has 0 fully saturated rings. The Kier molecular flexibility index (Phi) is 6.43. The zero-order valence-corrected chi connectivity index (χ0v) is 13.4. The number of benzene rings is 1. The van der Waals surface area contributed by atoms with Gasteiger partial charge in [0.15, 0.2) is 0 Å². The van der Waals surface area contributed by atoms with Crippen molar-refractivity contribution in [2.75, 3.05) is 5.32 Å². The molecular weight excluding hydrogens is 395 g/mol. The van der Waals surface area contributed by atoms with Crippen molar-refractivity contribution in [3.8, 4) is 0 Å². The SMILES string of the molecule is CCCC[C@H](N)C(=O)Nc1cc(I)ccc1Br. The Balaban J connectivity index is 2.64. The van der Waals surface area contributed by atoms with Gasteiger partial charge in [-0.15, -0.1) is 0 Å². The summed E-state index contributed by atoms with van der Waals surface area (Å²) in [6, 6.07) is 5.36. The molecule has 3 N–H and O–H groups in total. The third kappa shape index (κ3) is 4.93. The Morgan fingerprint density at radius 3 is 2.94 bits per heavy atom. The van der Waals surface area contributed by atoms with E-state index in [0.717, 1.165) is 33.0 Å². The summed E-state index contributed by atoms with van der Waals surface area (Å²) in [5.41, 5.74) is 6.58. The van der Waals surface area contributed by atoms with Gasteiger partial charge in [-0.25, -0.2) is 0 Å². The third-order valence-electron chi connectivity index (χ3n) is 2.39. The molecule has 0 bridgehead atoms. The van der Waals surface area contributed by atoms with Gasteiger partial charge in [-0.2, -0.15) is 0 Å². The van der Waals surface area contributed by atoms with E-state index in [4.69, 9.17) is 5.73 Å². The first-order valence-corrected chi connectivity index (χ1v) is 7.43. The number of nitrogens with two attached hydrogens (primary N) is 1. The molecule has 1 aromatic rings. The van der Waals surface area contributed by atoms with Crippen molar-refractivity contribution in [3.63, 3.8) is 0 Å². The van der Waals surface area contributed by atoms with Crippen LogP contribution >= 0.6 is 38.5 Å². The van der Waals surface area contributed by atoms with Crippen LogP contribution in [-0.4, -0.2) is 11.9 Å². The van der Waals surface area contributed by atoms with Gasteiger partial charge in [0.1, 0.15) is 0 Å². The van der Waals surface area contributed by atoms with Gasteiger partial charge in [0.05, 0.1) is 11.7 Å². The minimum absolute atomic E-state index is 0.124. The predicted molar refractivity (Wildman–Crippen MR) is 83.0 cm³/mol. The molecule has 0 saturated heterocycles. The fourth-order valence-electron chi connectivity index (χ4n) is 1.37. The number of hydrogen-bond donors (Lipinski definition) is 2. The highest BCUT2D eigenvalue weighted by molar-refractivity contribution is 14.1. The van der Waals surface area contributed by atoms with Crippen LogP contribution in [0.15, 0.2) is 22.7 Å². The van der Waals surface area contributed by atoms with Crippen LogP contribution in [-0.2, 0) is 4.79 Å². The first-order valence-electron chi connectivity index (χ1n) is 5.56.